The molecule has 0 spiro atoms. The van der Waals surface area contributed by atoms with Crippen molar-refractivity contribution in [2.75, 3.05) is 51.7 Å². The van der Waals surface area contributed by atoms with E-state index in [0.717, 1.165) is 0 Å². The zero-order valence-electron chi connectivity index (χ0n) is 18.4. The van der Waals surface area contributed by atoms with E-state index in [1.165, 1.54) is 15.7 Å². The molecule has 0 aliphatic carbocycles. The number of nitrogens with zero attached hydrogens (tertiary/aromatic N) is 3. The van der Waals surface area contributed by atoms with Gasteiger partial charge in [-0.05, 0) is 39.0 Å². The molecule has 2 aliphatic heterocycles. The summed E-state index contributed by atoms with van der Waals surface area (Å²) in [5.41, 5.74) is 0.503. The maximum atomic E-state index is 13.1. The maximum absolute atomic E-state index is 13.1. The van der Waals surface area contributed by atoms with Crippen molar-refractivity contribution in [1.29, 1.82) is 0 Å². The molecule has 11 heteroatoms. The van der Waals surface area contributed by atoms with E-state index in [0.29, 0.717) is 55.7 Å². The second-order valence-corrected chi connectivity index (χ2v) is 10.4. The molecule has 31 heavy (non-hydrogen) atoms. The molecule has 0 unspecified atom stereocenters. The van der Waals surface area contributed by atoms with Crippen LogP contribution in [0.15, 0.2) is 18.2 Å². The number of hydrogen-bond donors (Lipinski definition) is 1. The van der Waals surface area contributed by atoms with Crippen LogP contribution in [0.5, 0.6) is 5.75 Å². The lowest BCUT2D eigenvalue weighted by Gasteiger charge is -2.41. The van der Waals surface area contributed by atoms with Gasteiger partial charge in [0, 0.05) is 44.3 Å². The SMILES string of the molecule is COc1ccc(Cl)cc1NC(=O)[C@H](C)N1CCN(S(=O)(=O)N2C[C@H](C)O[C@@H](C)C2)CC1. The van der Waals surface area contributed by atoms with Crippen molar-refractivity contribution < 1.29 is 22.7 Å². The summed E-state index contributed by atoms with van der Waals surface area (Å²) in [6, 6.07) is 4.59. The first-order valence-electron chi connectivity index (χ1n) is 10.4. The van der Waals surface area contributed by atoms with Crippen molar-refractivity contribution in [3.63, 3.8) is 0 Å². The van der Waals surface area contributed by atoms with Crippen molar-refractivity contribution in [2.24, 2.45) is 0 Å². The Morgan fingerprint density at radius 2 is 1.77 bits per heavy atom. The van der Waals surface area contributed by atoms with Crippen molar-refractivity contribution in [1.82, 2.24) is 13.5 Å². The Morgan fingerprint density at radius 1 is 1.16 bits per heavy atom. The molecule has 9 nitrogen and oxygen atoms in total. The monoisotopic (exact) mass is 474 g/mol. The van der Waals surface area contributed by atoms with Crippen LogP contribution >= 0.6 is 11.6 Å². The lowest BCUT2D eigenvalue weighted by atomic mass is 10.2. The number of carbonyl (C=O) groups excluding carboxylic acids is 1. The predicted octanol–water partition coefficient (Wildman–Crippen LogP) is 1.65. The zero-order chi connectivity index (χ0) is 22.8. The fourth-order valence-corrected chi connectivity index (χ4v) is 5.90. The highest BCUT2D eigenvalue weighted by molar-refractivity contribution is 7.86. The highest BCUT2D eigenvalue weighted by atomic mass is 35.5. The number of anilines is 1. The number of hydrogen-bond acceptors (Lipinski definition) is 6. The number of benzene rings is 1. The van der Waals surface area contributed by atoms with Crippen LogP contribution in [0.2, 0.25) is 5.02 Å². The first kappa shape index (κ1) is 24.2. The van der Waals surface area contributed by atoms with E-state index in [1.54, 1.807) is 18.2 Å². The fourth-order valence-electron chi connectivity index (χ4n) is 3.98. The number of amides is 1. The predicted molar refractivity (Wildman–Crippen MR) is 120 cm³/mol. The van der Waals surface area contributed by atoms with Crippen LogP contribution in [0.1, 0.15) is 20.8 Å². The zero-order valence-corrected chi connectivity index (χ0v) is 19.9. The van der Waals surface area contributed by atoms with Gasteiger partial charge in [-0.1, -0.05) is 11.6 Å². The highest BCUT2D eigenvalue weighted by Crippen LogP contribution is 2.28. The fraction of sp³-hybridized carbons (Fsp3) is 0.650. The van der Waals surface area contributed by atoms with Crippen LogP contribution in [-0.2, 0) is 19.7 Å². The van der Waals surface area contributed by atoms with Crippen molar-refractivity contribution in [2.45, 2.75) is 39.0 Å². The normalized spacial score (nSPS) is 25.2. The quantitative estimate of drug-likeness (QED) is 0.674. The van der Waals surface area contributed by atoms with E-state index in [2.05, 4.69) is 5.32 Å². The highest BCUT2D eigenvalue weighted by Gasteiger charge is 2.37. The number of halogens is 1. The topological polar surface area (TPSA) is 91.4 Å². The third kappa shape index (κ3) is 5.68. The van der Waals surface area contributed by atoms with Gasteiger partial charge in [-0.15, -0.1) is 0 Å². The Balaban J connectivity index is 1.59. The molecule has 0 radical (unpaired) electrons. The number of nitrogens with one attached hydrogen (secondary N) is 1. The minimum absolute atomic E-state index is 0.132. The molecule has 2 heterocycles. The molecule has 1 N–H and O–H groups in total. The second-order valence-electron chi connectivity index (χ2n) is 8.03. The molecule has 174 valence electrons. The minimum atomic E-state index is -3.55. The van der Waals surface area contributed by atoms with Crippen LogP contribution in [-0.4, -0.2) is 92.5 Å². The van der Waals surface area contributed by atoms with Crippen LogP contribution in [0.4, 0.5) is 5.69 Å². The van der Waals surface area contributed by atoms with Gasteiger partial charge in [0.2, 0.25) is 5.91 Å². The third-order valence-electron chi connectivity index (χ3n) is 5.66. The van der Waals surface area contributed by atoms with Gasteiger partial charge in [0.25, 0.3) is 10.2 Å². The number of ether oxygens (including phenoxy) is 2. The average molecular weight is 475 g/mol. The van der Waals surface area contributed by atoms with E-state index >= 15 is 0 Å². The van der Waals surface area contributed by atoms with Crippen LogP contribution in [0, 0.1) is 0 Å². The summed E-state index contributed by atoms with van der Waals surface area (Å²) in [6.07, 6.45) is -0.265. The minimum Gasteiger partial charge on any atom is -0.495 e. The summed E-state index contributed by atoms with van der Waals surface area (Å²) < 4.78 is 40.0. The molecule has 0 saturated carbocycles. The molecule has 1 aromatic rings. The molecule has 0 bridgehead atoms. The third-order valence-corrected chi connectivity index (χ3v) is 7.86. The molecular formula is C20H31ClN4O5S. The second kappa shape index (κ2) is 10.0. The first-order chi connectivity index (χ1) is 14.6. The smallest absolute Gasteiger partial charge is 0.282 e. The van der Waals surface area contributed by atoms with E-state index < -0.39 is 16.3 Å². The van der Waals surface area contributed by atoms with E-state index in [-0.39, 0.29) is 18.1 Å². The van der Waals surface area contributed by atoms with Crippen molar-refractivity contribution in [3.8, 4) is 5.75 Å². The van der Waals surface area contributed by atoms with Gasteiger partial charge in [0.05, 0.1) is 31.0 Å². The van der Waals surface area contributed by atoms with E-state index in [9.17, 15) is 13.2 Å². The van der Waals surface area contributed by atoms with Crippen molar-refractivity contribution in [3.05, 3.63) is 23.2 Å². The Labute approximate surface area is 189 Å². The lowest BCUT2D eigenvalue weighted by Crippen LogP contribution is -2.58. The number of rotatable bonds is 6. The summed E-state index contributed by atoms with van der Waals surface area (Å²) in [5, 5.41) is 3.35. The molecular weight excluding hydrogens is 444 g/mol. The Hall–Kier alpha value is -1.43. The Bertz CT molecular complexity index is 882. The lowest BCUT2D eigenvalue weighted by molar-refractivity contribution is -0.121. The standard InChI is InChI=1S/C20H31ClN4O5S/c1-14-12-25(13-15(2)30-14)31(27,28)24-9-7-23(8-10-24)16(3)20(26)22-18-11-17(21)5-6-19(18)29-4/h5-6,11,14-16H,7-10,12-13H2,1-4H3,(H,22,26)/t14-,15-,16-/m0/s1. The van der Waals surface area contributed by atoms with Gasteiger partial charge in [-0.25, -0.2) is 0 Å². The number of morpholine rings is 1. The summed E-state index contributed by atoms with van der Waals surface area (Å²) in [4.78, 5) is 14.8. The summed E-state index contributed by atoms with van der Waals surface area (Å²) in [7, 11) is -2.03. The molecule has 3 atom stereocenters. The maximum Gasteiger partial charge on any atom is 0.282 e. The van der Waals surface area contributed by atoms with Gasteiger partial charge in [-0.3, -0.25) is 9.69 Å². The number of piperazine rings is 1. The van der Waals surface area contributed by atoms with Gasteiger partial charge in [0.1, 0.15) is 5.75 Å². The molecule has 2 aliphatic rings. The van der Waals surface area contributed by atoms with Crippen LogP contribution in [0.25, 0.3) is 0 Å². The van der Waals surface area contributed by atoms with Gasteiger partial charge in [0.15, 0.2) is 0 Å². The molecule has 3 rings (SSSR count). The van der Waals surface area contributed by atoms with E-state index in [4.69, 9.17) is 21.1 Å². The first-order valence-corrected chi connectivity index (χ1v) is 12.2. The van der Waals surface area contributed by atoms with Crippen LogP contribution in [0.3, 0.4) is 0 Å². The Morgan fingerprint density at radius 3 is 2.35 bits per heavy atom. The summed E-state index contributed by atoms with van der Waals surface area (Å²) >= 11 is 6.03. The van der Waals surface area contributed by atoms with E-state index in [1.807, 2.05) is 25.7 Å². The number of carbonyl (C=O) groups is 1. The molecule has 1 aromatic carbocycles. The largest absolute Gasteiger partial charge is 0.495 e. The molecule has 2 fully saturated rings. The summed E-state index contributed by atoms with van der Waals surface area (Å²) in [6.45, 7) is 7.88. The van der Waals surface area contributed by atoms with Gasteiger partial charge in [-0.2, -0.15) is 17.0 Å². The molecule has 2 saturated heterocycles. The van der Waals surface area contributed by atoms with Crippen molar-refractivity contribution >= 4 is 33.4 Å². The van der Waals surface area contributed by atoms with Crippen LogP contribution < -0.4 is 10.1 Å². The summed E-state index contributed by atoms with van der Waals surface area (Å²) in [5.74, 6) is 0.322. The molecule has 1 amide bonds. The molecule has 0 aromatic heterocycles. The van der Waals surface area contributed by atoms with Gasteiger partial charge < -0.3 is 14.8 Å². The number of methoxy groups -OCH3 is 1. The van der Waals surface area contributed by atoms with Gasteiger partial charge >= 0.3 is 0 Å². The average Bonchev–Trinajstić information content (AvgIpc) is 2.72. The Kier molecular flexibility index (Phi) is 7.82.